The number of phenols is 1. The molecule has 0 atom stereocenters. The molecule has 0 saturated carbocycles. The highest BCUT2D eigenvalue weighted by atomic mass is 32.3. The number of halogens is 3. The monoisotopic (exact) mass is 504 g/mol. The molecule has 34 heavy (non-hydrogen) atoms. The van der Waals surface area contributed by atoms with Crippen LogP contribution in [0.25, 0.3) is 0 Å². The van der Waals surface area contributed by atoms with Crippen molar-refractivity contribution in [1.82, 2.24) is 0 Å². The van der Waals surface area contributed by atoms with Gasteiger partial charge in [0.25, 0.3) is 0 Å². The van der Waals surface area contributed by atoms with Crippen molar-refractivity contribution in [3.63, 3.8) is 0 Å². The van der Waals surface area contributed by atoms with Crippen molar-refractivity contribution in [2.24, 2.45) is 0 Å². The summed E-state index contributed by atoms with van der Waals surface area (Å²) in [5, 5.41) is 9.83. The Labute approximate surface area is 196 Å². The fourth-order valence-electron chi connectivity index (χ4n) is 3.48. The van der Waals surface area contributed by atoms with Crippen LogP contribution in [-0.4, -0.2) is 13.5 Å². The molecule has 0 aromatic heterocycles. The molecule has 4 nitrogen and oxygen atoms in total. The number of hydrogen-bond donors (Lipinski definition) is 1. The Kier molecular flexibility index (Phi) is 6.44. The smallest absolute Gasteiger partial charge is 0.417 e. The molecule has 0 unspecified atom stereocenters. The summed E-state index contributed by atoms with van der Waals surface area (Å²) in [6, 6.07) is 26.6. The lowest BCUT2D eigenvalue weighted by Crippen LogP contribution is -2.18. The van der Waals surface area contributed by atoms with Crippen LogP contribution in [-0.2, 0) is 19.9 Å². The van der Waals surface area contributed by atoms with Crippen molar-refractivity contribution >= 4 is 20.4 Å². The summed E-state index contributed by atoms with van der Waals surface area (Å²) in [5.74, 6) is -0.0524. The van der Waals surface area contributed by atoms with E-state index in [1.54, 1.807) is 60.7 Å². The second-order valence-corrected chi connectivity index (χ2v) is 11.6. The summed E-state index contributed by atoms with van der Waals surface area (Å²) in [5.41, 5.74) is -1.31. The van der Waals surface area contributed by atoms with Crippen molar-refractivity contribution < 1.29 is 30.3 Å². The van der Waals surface area contributed by atoms with E-state index in [0.717, 1.165) is 12.1 Å². The minimum atomic E-state index is -4.93. The van der Waals surface area contributed by atoms with Crippen molar-refractivity contribution in [1.29, 1.82) is 0 Å². The highest BCUT2D eigenvalue weighted by Gasteiger charge is 2.42. The Morgan fingerprint density at radius 3 is 1.56 bits per heavy atom. The summed E-state index contributed by atoms with van der Waals surface area (Å²) in [6.07, 6.45) is -4.90. The third kappa shape index (κ3) is 4.54. The van der Waals surface area contributed by atoms with Crippen molar-refractivity contribution in [2.45, 2.75) is 25.8 Å². The first kappa shape index (κ1) is 23.9. The van der Waals surface area contributed by atoms with E-state index in [1.165, 1.54) is 30.3 Å². The van der Waals surface area contributed by atoms with Gasteiger partial charge in [-0.25, -0.2) is 3.63 Å². The lowest BCUT2D eigenvalue weighted by Gasteiger charge is -2.39. The molecule has 0 spiro atoms. The van der Waals surface area contributed by atoms with Gasteiger partial charge in [0.1, 0.15) is 10.6 Å². The largest absolute Gasteiger partial charge is 0.508 e. The van der Waals surface area contributed by atoms with E-state index in [-0.39, 0.29) is 5.75 Å². The number of rotatable bonds is 6. The second kappa shape index (κ2) is 9.17. The molecule has 0 amide bonds. The minimum absolute atomic E-state index is 0.0524. The zero-order valence-electron chi connectivity index (χ0n) is 17.5. The molecule has 1 N–H and O–H groups in total. The van der Waals surface area contributed by atoms with Crippen molar-refractivity contribution in [2.75, 3.05) is 0 Å². The van der Waals surface area contributed by atoms with Crippen molar-refractivity contribution in [3.8, 4) is 5.75 Å². The second-order valence-electron chi connectivity index (χ2n) is 7.19. The fourth-order valence-corrected chi connectivity index (χ4v) is 8.90. The van der Waals surface area contributed by atoms with Crippen LogP contribution in [0.3, 0.4) is 0 Å². The zero-order chi connectivity index (χ0) is 24.4. The standard InChI is InChI=1S/C25H19F3O4S2/c26-25(27,28)23-13-7-8-14-24(23)34(30,31)32-33(20-9-3-1-4-10-20,21-11-5-2-6-12-21)22-17-15-19(29)16-18-22/h1-18,29H. The first-order valence-corrected chi connectivity index (χ1v) is 13.0. The van der Waals surface area contributed by atoms with Crippen LogP contribution in [0.2, 0.25) is 0 Å². The van der Waals surface area contributed by atoms with Gasteiger partial charge in [-0.15, -0.1) is 0 Å². The van der Waals surface area contributed by atoms with Gasteiger partial charge in [0.15, 0.2) is 0 Å². The average molecular weight is 505 g/mol. The Bertz CT molecular complexity index is 1330. The summed E-state index contributed by atoms with van der Waals surface area (Å²) >= 11 is 0. The van der Waals surface area contributed by atoms with Gasteiger partial charge in [-0.1, -0.05) is 48.5 Å². The molecule has 0 aliphatic heterocycles. The fraction of sp³-hybridized carbons (Fsp3) is 0.0400. The van der Waals surface area contributed by atoms with E-state index in [0.29, 0.717) is 20.8 Å². The maximum atomic E-state index is 13.7. The molecule has 0 saturated heterocycles. The molecule has 176 valence electrons. The lowest BCUT2D eigenvalue weighted by molar-refractivity contribution is -0.139. The molecule has 0 heterocycles. The molecule has 0 aliphatic rings. The van der Waals surface area contributed by atoms with E-state index >= 15 is 0 Å². The normalized spacial score (nSPS) is 12.9. The third-order valence-electron chi connectivity index (χ3n) is 4.97. The highest BCUT2D eigenvalue weighted by Crippen LogP contribution is 2.70. The van der Waals surface area contributed by atoms with Gasteiger partial charge in [-0.05, 0) is 71.0 Å². The number of phenolic OH excluding ortho intramolecular Hbond substituents is 1. The van der Waals surface area contributed by atoms with Gasteiger partial charge in [0.05, 0.1) is 5.56 Å². The summed E-state index contributed by atoms with van der Waals surface area (Å²) < 4.78 is 74.1. The SMILES string of the molecule is O=S(=O)(OS(c1ccccc1)(c1ccccc1)c1ccc(O)cc1)c1ccccc1C(F)(F)F. The molecule has 4 aromatic carbocycles. The maximum absolute atomic E-state index is 13.7. The number of aromatic hydroxyl groups is 1. The number of alkyl halides is 3. The van der Waals surface area contributed by atoms with E-state index < -0.39 is 37.1 Å². The molecular weight excluding hydrogens is 485 g/mol. The van der Waals surface area contributed by atoms with Crippen LogP contribution in [0.4, 0.5) is 13.2 Å². The highest BCUT2D eigenvalue weighted by molar-refractivity contribution is 8.33. The van der Waals surface area contributed by atoms with Crippen LogP contribution in [0.5, 0.6) is 5.75 Å². The Morgan fingerprint density at radius 1 is 0.618 bits per heavy atom. The van der Waals surface area contributed by atoms with Crippen LogP contribution in [0, 0.1) is 0 Å². The van der Waals surface area contributed by atoms with Gasteiger partial charge >= 0.3 is 16.3 Å². The van der Waals surface area contributed by atoms with E-state index in [2.05, 4.69) is 0 Å². The Hall–Kier alpha value is -3.27. The van der Waals surface area contributed by atoms with Crippen molar-refractivity contribution in [3.05, 3.63) is 115 Å². The van der Waals surface area contributed by atoms with E-state index in [1.807, 2.05) is 0 Å². The molecule has 0 fully saturated rings. The van der Waals surface area contributed by atoms with Crippen LogP contribution in [0.1, 0.15) is 5.56 Å². The zero-order valence-corrected chi connectivity index (χ0v) is 19.1. The molecular formula is C25H19F3O4S2. The topological polar surface area (TPSA) is 63.6 Å². The van der Waals surface area contributed by atoms with E-state index in [9.17, 15) is 26.7 Å². The maximum Gasteiger partial charge on any atom is 0.417 e. The van der Waals surface area contributed by atoms with E-state index in [4.69, 9.17) is 3.63 Å². The van der Waals surface area contributed by atoms with Gasteiger partial charge in [0, 0.05) is 14.7 Å². The summed E-state index contributed by atoms with van der Waals surface area (Å²) in [4.78, 5) is 0.334. The first-order chi connectivity index (χ1) is 16.1. The molecule has 9 heteroatoms. The van der Waals surface area contributed by atoms with Gasteiger partial charge < -0.3 is 5.11 Å². The third-order valence-corrected chi connectivity index (χ3v) is 10.2. The van der Waals surface area contributed by atoms with Gasteiger partial charge in [-0.2, -0.15) is 21.6 Å². The quantitative estimate of drug-likeness (QED) is 0.307. The Balaban J connectivity index is 2.03. The minimum Gasteiger partial charge on any atom is -0.508 e. The van der Waals surface area contributed by atoms with Crippen LogP contribution < -0.4 is 0 Å². The molecule has 0 aliphatic carbocycles. The number of benzene rings is 4. The van der Waals surface area contributed by atoms with Gasteiger partial charge in [0.2, 0.25) is 0 Å². The average Bonchev–Trinajstić information content (AvgIpc) is 2.84. The molecule has 0 bridgehead atoms. The summed E-state index contributed by atoms with van der Waals surface area (Å²) in [6.45, 7) is 0. The summed E-state index contributed by atoms with van der Waals surface area (Å²) in [7, 11) is -8.02. The van der Waals surface area contributed by atoms with Crippen LogP contribution in [0.15, 0.2) is 129 Å². The molecule has 0 radical (unpaired) electrons. The van der Waals surface area contributed by atoms with Crippen LogP contribution >= 0.6 is 10.3 Å². The first-order valence-electron chi connectivity index (χ1n) is 9.99. The predicted molar refractivity (Wildman–Crippen MR) is 123 cm³/mol. The lowest BCUT2D eigenvalue weighted by atomic mass is 10.2. The molecule has 4 aromatic rings. The van der Waals surface area contributed by atoms with Gasteiger partial charge in [-0.3, -0.25) is 0 Å². The predicted octanol–water partition coefficient (Wildman–Crippen LogP) is 7.01. The number of hydrogen-bond acceptors (Lipinski definition) is 4. The molecule has 4 rings (SSSR count). The Morgan fingerprint density at radius 2 is 1.06 bits per heavy atom.